The summed E-state index contributed by atoms with van der Waals surface area (Å²) in [7, 11) is 0. The first-order valence-corrected chi connectivity index (χ1v) is 10.9. The van der Waals surface area contributed by atoms with Crippen LogP contribution >= 0.6 is 0 Å². The Bertz CT molecular complexity index is 1200. The summed E-state index contributed by atoms with van der Waals surface area (Å²) in [6.07, 6.45) is -2.86. The van der Waals surface area contributed by atoms with Gasteiger partial charge in [-0.15, -0.1) is 0 Å². The van der Waals surface area contributed by atoms with Crippen LogP contribution in [0.25, 0.3) is 0 Å². The number of urea groups is 1. The molecule has 3 aromatic carbocycles. The van der Waals surface area contributed by atoms with E-state index in [0.717, 1.165) is 28.9 Å². The maximum Gasteiger partial charge on any atom is 0.416 e. The topological polar surface area (TPSA) is 77.9 Å². The number of nitrogens with zero attached hydrogens (tertiary/aromatic N) is 2. The Balaban J connectivity index is 1.53. The lowest BCUT2D eigenvalue weighted by atomic mass is 10.0. The molecule has 0 saturated carbocycles. The molecule has 0 atom stereocenters. The minimum atomic E-state index is -4.37. The molecule has 0 radical (unpaired) electrons. The summed E-state index contributed by atoms with van der Waals surface area (Å²) in [4.78, 5) is 12.1. The Kier molecular flexibility index (Phi) is 8.25. The number of carbonyl (C=O) groups excluding carboxylic acids is 1. The third-order valence-corrected chi connectivity index (χ3v) is 5.10. The van der Waals surface area contributed by atoms with Crippen LogP contribution in [0, 0.1) is 0 Å². The van der Waals surface area contributed by atoms with E-state index in [2.05, 4.69) is 40.2 Å². The smallest absolute Gasteiger partial charge is 0.306 e. The van der Waals surface area contributed by atoms with Gasteiger partial charge in [-0.05, 0) is 59.9 Å². The van der Waals surface area contributed by atoms with Gasteiger partial charge < -0.3 is 5.32 Å². The Labute approximate surface area is 202 Å². The van der Waals surface area contributed by atoms with Gasteiger partial charge in [0.05, 0.1) is 23.2 Å². The number of alkyl halides is 3. The normalized spacial score (nSPS) is 12.1. The summed E-state index contributed by atoms with van der Waals surface area (Å²) >= 11 is 0. The molecule has 0 heterocycles. The minimum absolute atomic E-state index is 0.269. The van der Waals surface area contributed by atoms with Crippen molar-refractivity contribution in [2.24, 2.45) is 10.2 Å². The summed E-state index contributed by atoms with van der Waals surface area (Å²) in [6.45, 7) is 5.81. The van der Waals surface area contributed by atoms with E-state index in [4.69, 9.17) is 0 Å². The number of amides is 2. The van der Waals surface area contributed by atoms with Crippen LogP contribution in [0.2, 0.25) is 0 Å². The number of para-hydroxylation sites is 1. The van der Waals surface area contributed by atoms with Crippen molar-refractivity contribution >= 4 is 29.3 Å². The average molecular weight is 482 g/mol. The number of anilines is 2. The van der Waals surface area contributed by atoms with Crippen LogP contribution in [0.1, 0.15) is 48.9 Å². The number of carbonyl (C=O) groups is 1. The van der Waals surface area contributed by atoms with E-state index in [0.29, 0.717) is 17.0 Å². The molecule has 3 aromatic rings. The van der Waals surface area contributed by atoms with Crippen molar-refractivity contribution in [3.05, 3.63) is 95.1 Å². The number of hydrogen-bond acceptors (Lipinski definition) is 4. The van der Waals surface area contributed by atoms with Gasteiger partial charge in [-0.1, -0.05) is 56.3 Å². The molecule has 0 saturated heterocycles. The highest BCUT2D eigenvalue weighted by atomic mass is 19.4. The number of hydrazone groups is 2. The van der Waals surface area contributed by atoms with Gasteiger partial charge in [-0.25, -0.2) is 10.2 Å². The van der Waals surface area contributed by atoms with E-state index in [9.17, 15) is 18.0 Å². The van der Waals surface area contributed by atoms with Gasteiger partial charge >= 0.3 is 12.2 Å². The highest BCUT2D eigenvalue weighted by molar-refractivity contribution is 5.99. The van der Waals surface area contributed by atoms with Crippen LogP contribution in [-0.2, 0) is 6.18 Å². The van der Waals surface area contributed by atoms with Crippen molar-refractivity contribution in [3.63, 3.8) is 0 Å². The van der Waals surface area contributed by atoms with Crippen LogP contribution in [0.3, 0.4) is 0 Å². The zero-order valence-electron chi connectivity index (χ0n) is 19.5. The Morgan fingerprint density at radius 3 is 2.23 bits per heavy atom. The second-order valence-electron chi connectivity index (χ2n) is 8.07. The zero-order chi connectivity index (χ0) is 25.4. The fourth-order valence-corrected chi connectivity index (χ4v) is 3.19. The summed E-state index contributed by atoms with van der Waals surface area (Å²) in [5.41, 5.74) is 8.94. The maximum atomic E-state index is 12.7. The van der Waals surface area contributed by atoms with Gasteiger partial charge in [0.25, 0.3) is 0 Å². The second-order valence-corrected chi connectivity index (χ2v) is 8.07. The molecule has 2 amide bonds. The number of hydrogen-bond donors (Lipinski definition) is 3. The summed E-state index contributed by atoms with van der Waals surface area (Å²) in [5.74, 6) is 0.269. The molecule has 0 aromatic heterocycles. The van der Waals surface area contributed by atoms with Crippen LogP contribution in [0.4, 0.5) is 29.3 Å². The third kappa shape index (κ3) is 7.43. The van der Waals surface area contributed by atoms with E-state index in [1.165, 1.54) is 18.3 Å². The first-order chi connectivity index (χ1) is 16.6. The van der Waals surface area contributed by atoms with Crippen molar-refractivity contribution in [2.75, 3.05) is 10.7 Å². The molecule has 0 bridgehead atoms. The van der Waals surface area contributed by atoms with E-state index in [1.54, 1.807) is 31.2 Å². The predicted octanol–water partition coefficient (Wildman–Crippen LogP) is 6.82. The van der Waals surface area contributed by atoms with E-state index >= 15 is 0 Å². The molecule has 9 heteroatoms. The van der Waals surface area contributed by atoms with Crippen LogP contribution in [0.5, 0.6) is 0 Å². The lowest BCUT2D eigenvalue weighted by Gasteiger charge is -2.12. The first kappa shape index (κ1) is 25.5. The van der Waals surface area contributed by atoms with Crippen molar-refractivity contribution in [2.45, 2.75) is 32.9 Å². The lowest BCUT2D eigenvalue weighted by Crippen LogP contribution is -2.24. The number of benzene rings is 3. The third-order valence-electron chi connectivity index (χ3n) is 5.10. The molecule has 6 nitrogen and oxygen atoms in total. The van der Waals surface area contributed by atoms with Gasteiger partial charge in [-0.2, -0.15) is 23.4 Å². The largest absolute Gasteiger partial charge is 0.416 e. The van der Waals surface area contributed by atoms with Gasteiger partial charge in [0.15, 0.2) is 0 Å². The van der Waals surface area contributed by atoms with Gasteiger partial charge in [0.1, 0.15) is 0 Å². The van der Waals surface area contributed by atoms with E-state index in [-0.39, 0.29) is 5.92 Å². The van der Waals surface area contributed by atoms with E-state index < -0.39 is 17.8 Å². The quantitative estimate of drug-likeness (QED) is 0.256. The van der Waals surface area contributed by atoms with Crippen LogP contribution < -0.4 is 16.2 Å². The minimum Gasteiger partial charge on any atom is -0.306 e. The Morgan fingerprint density at radius 1 is 0.943 bits per heavy atom. The van der Waals surface area contributed by atoms with Gasteiger partial charge in [-0.3, -0.25) is 5.43 Å². The van der Waals surface area contributed by atoms with Crippen molar-refractivity contribution in [1.82, 2.24) is 5.43 Å². The fraction of sp³-hybridized carbons (Fsp3) is 0.192. The van der Waals surface area contributed by atoms with Gasteiger partial charge in [0.2, 0.25) is 0 Å². The SMILES string of the molecule is C/C(=N\Nc1ccc(C=NNC(=O)Nc2ccccc2C(C)C)cc1)c1ccc(C(F)(F)F)cc1. The molecule has 0 spiro atoms. The predicted molar refractivity (Wildman–Crippen MR) is 134 cm³/mol. The first-order valence-electron chi connectivity index (χ1n) is 10.9. The number of nitrogens with one attached hydrogen (secondary N) is 3. The Morgan fingerprint density at radius 2 is 1.60 bits per heavy atom. The number of rotatable bonds is 7. The van der Waals surface area contributed by atoms with Crippen LogP contribution in [0.15, 0.2) is 83.0 Å². The molecule has 0 fully saturated rings. The molecule has 182 valence electrons. The molecule has 0 aliphatic rings. The Hall–Kier alpha value is -4.14. The molecular weight excluding hydrogens is 455 g/mol. The summed E-state index contributed by atoms with van der Waals surface area (Å²) < 4.78 is 38.1. The maximum absolute atomic E-state index is 12.7. The molecule has 3 rings (SSSR count). The average Bonchev–Trinajstić information content (AvgIpc) is 2.83. The van der Waals surface area contributed by atoms with Crippen molar-refractivity contribution < 1.29 is 18.0 Å². The second kappa shape index (κ2) is 11.3. The van der Waals surface area contributed by atoms with Crippen LogP contribution in [-0.4, -0.2) is 18.0 Å². The highest BCUT2D eigenvalue weighted by Gasteiger charge is 2.29. The molecule has 35 heavy (non-hydrogen) atoms. The lowest BCUT2D eigenvalue weighted by molar-refractivity contribution is -0.137. The van der Waals surface area contributed by atoms with Crippen molar-refractivity contribution in [1.29, 1.82) is 0 Å². The van der Waals surface area contributed by atoms with E-state index in [1.807, 2.05) is 24.3 Å². The molecule has 0 unspecified atom stereocenters. The summed E-state index contributed by atoms with van der Waals surface area (Å²) in [5, 5.41) is 11.0. The number of halogens is 3. The fourth-order valence-electron chi connectivity index (χ4n) is 3.19. The summed E-state index contributed by atoms with van der Waals surface area (Å²) in [6, 6.07) is 19.1. The van der Waals surface area contributed by atoms with Gasteiger partial charge in [0, 0.05) is 5.69 Å². The van der Waals surface area contributed by atoms with Crippen molar-refractivity contribution in [3.8, 4) is 0 Å². The zero-order valence-corrected chi connectivity index (χ0v) is 19.5. The highest BCUT2D eigenvalue weighted by Crippen LogP contribution is 2.29. The molecule has 3 N–H and O–H groups in total. The standard InChI is InChI=1S/C26H26F3N5O/c1-17(2)23-6-4-5-7-24(23)31-25(35)34-30-16-19-8-14-22(15-9-19)33-32-18(3)20-10-12-21(13-11-20)26(27,28)29/h4-17,33H,1-3H3,(H2,31,34,35)/b30-16?,32-18+. The molecule has 0 aliphatic carbocycles. The molecular formula is C26H26F3N5O. The molecule has 0 aliphatic heterocycles. The monoisotopic (exact) mass is 481 g/mol.